The van der Waals surface area contributed by atoms with Gasteiger partial charge in [0.15, 0.2) is 5.76 Å². The van der Waals surface area contributed by atoms with Crippen LogP contribution in [-0.4, -0.2) is 47.6 Å². The van der Waals surface area contributed by atoms with Crippen molar-refractivity contribution < 1.29 is 13.9 Å². The molecule has 4 rings (SSSR count). The minimum absolute atomic E-state index is 0.0198. The number of nitrogens with zero attached hydrogens (tertiary/aromatic N) is 2. The van der Waals surface area contributed by atoms with E-state index >= 15 is 0 Å². The van der Waals surface area contributed by atoms with Crippen LogP contribution >= 0.6 is 11.3 Å². The molecule has 2 aromatic heterocycles. The molecule has 0 aromatic carbocycles. The third kappa shape index (κ3) is 3.36. The van der Waals surface area contributed by atoms with Gasteiger partial charge in [-0.15, -0.1) is 11.3 Å². The average Bonchev–Trinajstić information content (AvgIpc) is 3.29. The lowest BCUT2D eigenvalue weighted by atomic mass is 9.79. The molecule has 1 N–H and O–H groups in total. The number of aryl methyl sites for hydroxylation is 1. The summed E-state index contributed by atoms with van der Waals surface area (Å²) in [6.07, 6.45) is 3.53. The number of rotatable bonds is 6. The smallest absolute Gasteiger partial charge is 0.286 e. The van der Waals surface area contributed by atoms with E-state index in [4.69, 9.17) is 9.15 Å². The molecule has 1 amide bonds. The van der Waals surface area contributed by atoms with E-state index in [0.717, 1.165) is 44.8 Å². The van der Waals surface area contributed by atoms with Crippen LogP contribution in [-0.2, 0) is 11.3 Å². The first-order valence-corrected chi connectivity index (χ1v) is 9.61. The van der Waals surface area contributed by atoms with E-state index in [2.05, 4.69) is 22.1 Å². The summed E-state index contributed by atoms with van der Waals surface area (Å²) in [5.41, 5.74) is 3.03. The van der Waals surface area contributed by atoms with Gasteiger partial charge in [0.25, 0.3) is 5.91 Å². The summed E-state index contributed by atoms with van der Waals surface area (Å²) >= 11 is 1.72. The molecule has 2 aliphatic heterocycles. The Hall–Kier alpha value is -1.70. The molecule has 25 heavy (non-hydrogen) atoms. The number of nitrogens with one attached hydrogen (secondary N) is 1. The summed E-state index contributed by atoms with van der Waals surface area (Å²) in [6, 6.07) is 3.41. The van der Waals surface area contributed by atoms with E-state index in [0.29, 0.717) is 18.2 Å². The van der Waals surface area contributed by atoms with Crippen LogP contribution in [0.25, 0.3) is 0 Å². The zero-order chi connectivity index (χ0) is 17.3. The fraction of sp³-hybridized carbons (Fsp3) is 0.556. The Labute approximate surface area is 151 Å². The molecule has 0 saturated carbocycles. The van der Waals surface area contributed by atoms with Gasteiger partial charge in [0.1, 0.15) is 0 Å². The second kappa shape index (κ2) is 6.90. The van der Waals surface area contributed by atoms with Crippen molar-refractivity contribution in [3.63, 3.8) is 0 Å². The maximum Gasteiger partial charge on any atom is 0.286 e. The number of ether oxygens (including phenoxy) is 1. The maximum absolute atomic E-state index is 11.9. The topological polar surface area (TPSA) is 67.6 Å². The molecular formula is C18H23N3O3S. The van der Waals surface area contributed by atoms with Crippen LogP contribution in [0.4, 0.5) is 0 Å². The van der Waals surface area contributed by atoms with Crippen molar-refractivity contribution in [1.82, 2.24) is 15.2 Å². The van der Waals surface area contributed by atoms with Gasteiger partial charge in [0.2, 0.25) is 0 Å². The first-order chi connectivity index (χ1) is 12.2. The Morgan fingerprint density at radius 3 is 3.12 bits per heavy atom. The fourth-order valence-corrected chi connectivity index (χ4v) is 4.72. The fourth-order valence-electron chi connectivity index (χ4n) is 3.90. The van der Waals surface area contributed by atoms with Crippen LogP contribution < -0.4 is 5.32 Å². The number of hydrogen-bond donors (Lipinski definition) is 1. The standard InChI is InChI=1S/C18H23N3O3S/c1-13-16(25-12-20-13)9-21-10-18(11-21)14(5-8-24-18)4-6-19-17(22)15-3-2-7-23-15/h2-3,7,12,14H,4-6,8-11H2,1H3,(H,19,22)/t14-/m1/s1. The molecule has 0 aliphatic carbocycles. The van der Waals surface area contributed by atoms with Crippen LogP contribution in [0.3, 0.4) is 0 Å². The molecule has 6 nitrogen and oxygen atoms in total. The Morgan fingerprint density at radius 1 is 1.52 bits per heavy atom. The van der Waals surface area contributed by atoms with Crippen molar-refractivity contribution in [3.8, 4) is 0 Å². The number of amides is 1. The summed E-state index contributed by atoms with van der Waals surface area (Å²) in [6.45, 7) is 6.46. The highest BCUT2D eigenvalue weighted by Crippen LogP contribution is 2.42. The largest absolute Gasteiger partial charge is 0.459 e. The zero-order valence-corrected chi connectivity index (χ0v) is 15.2. The van der Waals surface area contributed by atoms with Crippen molar-refractivity contribution in [2.24, 2.45) is 5.92 Å². The van der Waals surface area contributed by atoms with E-state index in [9.17, 15) is 4.79 Å². The van der Waals surface area contributed by atoms with Gasteiger partial charge in [0.05, 0.1) is 23.1 Å². The van der Waals surface area contributed by atoms with Crippen molar-refractivity contribution in [2.75, 3.05) is 26.2 Å². The van der Waals surface area contributed by atoms with Gasteiger partial charge in [-0.05, 0) is 37.8 Å². The summed E-state index contributed by atoms with van der Waals surface area (Å²) in [5.74, 6) is 0.726. The minimum Gasteiger partial charge on any atom is -0.459 e. The molecule has 2 aliphatic rings. The first kappa shape index (κ1) is 16.8. The third-order valence-electron chi connectivity index (χ3n) is 5.32. The van der Waals surface area contributed by atoms with Gasteiger partial charge in [-0.1, -0.05) is 0 Å². The molecule has 2 fully saturated rings. The number of thiazole rings is 1. The van der Waals surface area contributed by atoms with E-state index in [1.54, 1.807) is 23.5 Å². The normalized spacial score (nSPS) is 22.2. The lowest BCUT2D eigenvalue weighted by molar-refractivity contribution is -0.136. The van der Waals surface area contributed by atoms with Gasteiger partial charge in [-0.25, -0.2) is 4.98 Å². The van der Waals surface area contributed by atoms with E-state index in [1.807, 2.05) is 5.51 Å². The van der Waals surface area contributed by atoms with E-state index in [-0.39, 0.29) is 11.5 Å². The SMILES string of the molecule is Cc1ncsc1CN1CC2(C1)OCC[C@H]2CCNC(=O)c1ccco1. The Morgan fingerprint density at radius 2 is 2.40 bits per heavy atom. The second-order valence-corrected chi connectivity index (χ2v) is 7.87. The molecule has 1 spiro atoms. The summed E-state index contributed by atoms with van der Waals surface area (Å²) in [7, 11) is 0. The molecule has 7 heteroatoms. The van der Waals surface area contributed by atoms with E-state index < -0.39 is 0 Å². The third-order valence-corrected chi connectivity index (χ3v) is 6.24. The summed E-state index contributed by atoms with van der Waals surface area (Å²) in [4.78, 5) is 20.0. The lowest BCUT2D eigenvalue weighted by Gasteiger charge is -2.50. The highest BCUT2D eigenvalue weighted by atomic mass is 32.1. The molecule has 4 heterocycles. The van der Waals surface area contributed by atoms with Crippen LogP contribution in [0.2, 0.25) is 0 Å². The van der Waals surface area contributed by atoms with E-state index in [1.165, 1.54) is 11.1 Å². The van der Waals surface area contributed by atoms with Gasteiger partial charge in [0, 0.05) is 37.7 Å². The first-order valence-electron chi connectivity index (χ1n) is 8.73. The number of aromatic nitrogens is 1. The number of carbonyl (C=O) groups is 1. The van der Waals surface area contributed by atoms with Gasteiger partial charge in [-0.3, -0.25) is 9.69 Å². The molecule has 1 atom stereocenters. The van der Waals surface area contributed by atoms with Crippen molar-refractivity contribution in [2.45, 2.75) is 31.9 Å². The van der Waals surface area contributed by atoms with Crippen LogP contribution in [0.1, 0.15) is 34.0 Å². The number of furan rings is 1. The molecule has 134 valence electrons. The second-order valence-electron chi connectivity index (χ2n) is 6.93. The highest BCUT2D eigenvalue weighted by Gasteiger charge is 2.52. The molecule has 2 aromatic rings. The van der Waals surface area contributed by atoms with Gasteiger partial charge in [-0.2, -0.15) is 0 Å². The molecular weight excluding hydrogens is 338 g/mol. The number of hydrogen-bond acceptors (Lipinski definition) is 6. The van der Waals surface area contributed by atoms with Crippen LogP contribution in [0, 0.1) is 12.8 Å². The number of likely N-dealkylation sites (tertiary alicyclic amines) is 1. The lowest BCUT2D eigenvalue weighted by Crippen LogP contribution is -2.64. The molecule has 2 saturated heterocycles. The van der Waals surface area contributed by atoms with Crippen LogP contribution in [0.15, 0.2) is 28.3 Å². The van der Waals surface area contributed by atoms with Gasteiger partial charge >= 0.3 is 0 Å². The molecule has 0 bridgehead atoms. The van der Waals surface area contributed by atoms with Gasteiger partial charge < -0.3 is 14.5 Å². The van der Waals surface area contributed by atoms with Crippen molar-refractivity contribution in [1.29, 1.82) is 0 Å². The number of carbonyl (C=O) groups excluding carboxylic acids is 1. The predicted molar refractivity (Wildman–Crippen MR) is 94.6 cm³/mol. The van der Waals surface area contributed by atoms with Crippen molar-refractivity contribution >= 4 is 17.2 Å². The Kier molecular flexibility index (Phi) is 4.62. The average molecular weight is 361 g/mol. The van der Waals surface area contributed by atoms with Crippen LogP contribution in [0.5, 0.6) is 0 Å². The molecule has 0 unspecified atom stereocenters. The summed E-state index contributed by atoms with van der Waals surface area (Å²) < 4.78 is 11.2. The highest BCUT2D eigenvalue weighted by molar-refractivity contribution is 7.09. The molecule has 0 radical (unpaired) electrons. The quantitative estimate of drug-likeness (QED) is 0.856. The Bertz CT molecular complexity index is 722. The zero-order valence-electron chi connectivity index (χ0n) is 14.4. The Balaban J connectivity index is 1.26. The maximum atomic E-state index is 11.9. The summed E-state index contributed by atoms with van der Waals surface area (Å²) in [5, 5.41) is 2.94. The van der Waals surface area contributed by atoms with Crippen molar-refractivity contribution in [3.05, 3.63) is 40.2 Å². The monoisotopic (exact) mass is 361 g/mol. The minimum atomic E-state index is -0.145. The predicted octanol–water partition coefficient (Wildman–Crippen LogP) is 2.46.